The molecule has 104 valence electrons. The zero-order valence-electron chi connectivity index (χ0n) is 11.8. The Bertz CT molecular complexity index is 445. The van der Waals surface area contributed by atoms with Gasteiger partial charge >= 0.3 is 0 Å². The van der Waals surface area contributed by atoms with Crippen LogP contribution < -0.4 is 0 Å². The third-order valence-electron chi connectivity index (χ3n) is 4.89. The molecule has 0 bridgehead atoms. The summed E-state index contributed by atoms with van der Waals surface area (Å²) in [5.74, 6) is 0. The zero-order valence-corrected chi connectivity index (χ0v) is 11.8. The van der Waals surface area contributed by atoms with Crippen molar-refractivity contribution in [3.8, 4) is 0 Å². The molecule has 0 heterocycles. The highest BCUT2D eigenvalue weighted by Crippen LogP contribution is 2.33. The van der Waals surface area contributed by atoms with Crippen LogP contribution in [0.2, 0.25) is 0 Å². The molecule has 0 unspecified atom stereocenters. The third kappa shape index (κ3) is 2.85. The van der Waals surface area contributed by atoms with Crippen molar-refractivity contribution in [3.63, 3.8) is 0 Å². The topological polar surface area (TPSA) is 29.5 Å². The fourth-order valence-corrected chi connectivity index (χ4v) is 3.66. The molecular weight excluding hydrogens is 236 g/mol. The van der Waals surface area contributed by atoms with E-state index in [1.165, 1.54) is 36.0 Å². The average Bonchev–Trinajstić information content (AvgIpc) is 2.87. The van der Waals surface area contributed by atoms with E-state index in [0.717, 1.165) is 32.1 Å². The first-order valence-electron chi connectivity index (χ1n) is 7.54. The van der Waals surface area contributed by atoms with Gasteiger partial charge in [0, 0.05) is 13.5 Å². The number of fused-ring (bicyclic) bond motifs is 1. The number of aliphatic hydroxyl groups is 1. The quantitative estimate of drug-likeness (QED) is 0.905. The highest BCUT2D eigenvalue weighted by Gasteiger charge is 2.33. The maximum absolute atomic E-state index is 10.7. The van der Waals surface area contributed by atoms with Gasteiger partial charge < -0.3 is 9.84 Å². The highest BCUT2D eigenvalue weighted by atomic mass is 16.5. The Labute approximate surface area is 115 Å². The predicted molar refractivity (Wildman–Crippen MR) is 76.4 cm³/mol. The first kappa shape index (κ1) is 13.1. The van der Waals surface area contributed by atoms with Gasteiger partial charge in [0.15, 0.2) is 0 Å². The summed E-state index contributed by atoms with van der Waals surface area (Å²) in [5.41, 5.74) is 3.81. The zero-order chi connectivity index (χ0) is 13.3. The lowest BCUT2D eigenvalue weighted by molar-refractivity contribution is -0.0427. The van der Waals surface area contributed by atoms with Crippen LogP contribution in [0, 0.1) is 0 Å². The Hall–Kier alpha value is -0.860. The van der Waals surface area contributed by atoms with Gasteiger partial charge in [-0.05, 0) is 61.6 Å². The molecular formula is C17H24O2. The van der Waals surface area contributed by atoms with Crippen molar-refractivity contribution >= 4 is 0 Å². The summed E-state index contributed by atoms with van der Waals surface area (Å²) in [6.07, 6.45) is 8.58. The molecule has 2 aliphatic rings. The number of methoxy groups -OCH3 is 1. The van der Waals surface area contributed by atoms with Gasteiger partial charge in [-0.25, -0.2) is 0 Å². The Morgan fingerprint density at radius 1 is 1.21 bits per heavy atom. The Morgan fingerprint density at radius 3 is 2.68 bits per heavy atom. The summed E-state index contributed by atoms with van der Waals surface area (Å²) in [6.45, 7) is 0. The summed E-state index contributed by atoms with van der Waals surface area (Å²) in [4.78, 5) is 0. The number of hydrogen-bond acceptors (Lipinski definition) is 2. The van der Waals surface area contributed by atoms with E-state index in [0.29, 0.717) is 6.10 Å². The van der Waals surface area contributed by atoms with Crippen LogP contribution in [0.25, 0.3) is 0 Å². The summed E-state index contributed by atoms with van der Waals surface area (Å²) >= 11 is 0. The van der Waals surface area contributed by atoms with Gasteiger partial charge in [0.2, 0.25) is 0 Å². The maximum atomic E-state index is 10.7. The van der Waals surface area contributed by atoms with Crippen molar-refractivity contribution in [3.05, 3.63) is 34.9 Å². The number of hydrogen-bond donors (Lipinski definition) is 1. The van der Waals surface area contributed by atoms with Crippen LogP contribution in [-0.4, -0.2) is 23.9 Å². The molecule has 0 radical (unpaired) electrons. The van der Waals surface area contributed by atoms with Crippen molar-refractivity contribution in [1.29, 1.82) is 0 Å². The molecule has 0 atom stereocenters. The fourth-order valence-electron chi connectivity index (χ4n) is 3.66. The molecule has 0 aromatic heterocycles. The minimum absolute atomic E-state index is 0.347. The second-order valence-corrected chi connectivity index (χ2v) is 6.29. The van der Waals surface area contributed by atoms with E-state index >= 15 is 0 Å². The van der Waals surface area contributed by atoms with Crippen LogP contribution in [0.15, 0.2) is 18.2 Å². The van der Waals surface area contributed by atoms with Gasteiger partial charge in [0.1, 0.15) is 0 Å². The monoisotopic (exact) mass is 260 g/mol. The molecule has 1 saturated carbocycles. The lowest BCUT2D eigenvalue weighted by Gasteiger charge is -2.35. The molecule has 2 heteroatoms. The fraction of sp³-hybridized carbons (Fsp3) is 0.647. The lowest BCUT2D eigenvalue weighted by Crippen LogP contribution is -2.38. The van der Waals surface area contributed by atoms with E-state index in [2.05, 4.69) is 18.2 Å². The molecule has 2 aliphatic carbocycles. The van der Waals surface area contributed by atoms with Crippen LogP contribution in [0.4, 0.5) is 0 Å². The number of aryl methyl sites for hydroxylation is 2. The van der Waals surface area contributed by atoms with Crippen molar-refractivity contribution in [2.24, 2.45) is 0 Å². The molecule has 3 rings (SSSR count). The molecule has 1 fully saturated rings. The molecule has 1 aromatic rings. The van der Waals surface area contributed by atoms with Crippen LogP contribution >= 0.6 is 0 Å². The minimum Gasteiger partial charge on any atom is -0.390 e. The molecule has 2 nitrogen and oxygen atoms in total. The van der Waals surface area contributed by atoms with Gasteiger partial charge in [-0.3, -0.25) is 0 Å². The normalized spacial score (nSPS) is 30.3. The molecule has 19 heavy (non-hydrogen) atoms. The van der Waals surface area contributed by atoms with Gasteiger partial charge in [-0.15, -0.1) is 0 Å². The molecule has 0 amide bonds. The van der Waals surface area contributed by atoms with E-state index in [-0.39, 0.29) is 0 Å². The maximum Gasteiger partial charge on any atom is 0.0689 e. The minimum atomic E-state index is -0.512. The summed E-state index contributed by atoms with van der Waals surface area (Å²) in [7, 11) is 1.77. The Balaban J connectivity index is 1.68. The van der Waals surface area contributed by atoms with Gasteiger partial charge in [-0.2, -0.15) is 0 Å². The highest BCUT2D eigenvalue weighted by molar-refractivity contribution is 5.35. The second kappa shape index (κ2) is 5.26. The van der Waals surface area contributed by atoms with Crippen LogP contribution in [0.1, 0.15) is 48.8 Å². The first-order valence-corrected chi connectivity index (χ1v) is 7.54. The van der Waals surface area contributed by atoms with E-state index < -0.39 is 5.60 Å². The number of benzene rings is 1. The van der Waals surface area contributed by atoms with Crippen molar-refractivity contribution in [2.45, 2.75) is 63.1 Å². The Morgan fingerprint density at radius 2 is 1.95 bits per heavy atom. The van der Waals surface area contributed by atoms with E-state index in [9.17, 15) is 5.11 Å². The van der Waals surface area contributed by atoms with Crippen LogP contribution in [-0.2, 0) is 24.0 Å². The summed E-state index contributed by atoms with van der Waals surface area (Å²) < 4.78 is 5.38. The molecule has 0 spiro atoms. The smallest absolute Gasteiger partial charge is 0.0689 e. The van der Waals surface area contributed by atoms with E-state index in [1.54, 1.807) is 7.11 Å². The van der Waals surface area contributed by atoms with Crippen molar-refractivity contribution < 1.29 is 9.84 Å². The van der Waals surface area contributed by atoms with E-state index in [4.69, 9.17) is 4.74 Å². The number of ether oxygens (including phenoxy) is 1. The van der Waals surface area contributed by atoms with E-state index in [1.807, 2.05) is 0 Å². The molecule has 0 aliphatic heterocycles. The largest absolute Gasteiger partial charge is 0.390 e. The predicted octanol–water partition coefficient (Wildman–Crippen LogP) is 3.04. The Kier molecular flexibility index (Phi) is 3.64. The molecule has 1 N–H and O–H groups in total. The van der Waals surface area contributed by atoms with Crippen molar-refractivity contribution in [1.82, 2.24) is 0 Å². The lowest BCUT2D eigenvalue weighted by atomic mass is 9.79. The van der Waals surface area contributed by atoms with Crippen LogP contribution in [0.3, 0.4) is 0 Å². The average molecular weight is 260 g/mol. The molecule has 0 saturated heterocycles. The summed E-state index contributed by atoms with van der Waals surface area (Å²) in [5, 5.41) is 10.7. The van der Waals surface area contributed by atoms with Crippen LogP contribution in [0.5, 0.6) is 0 Å². The summed E-state index contributed by atoms with van der Waals surface area (Å²) in [6, 6.07) is 6.80. The molecule has 1 aromatic carbocycles. The number of rotatable bonds is 3. The van der Waals surface area contributed by atoms with Gasteiger partial charge in [0.05, 0.1) is 11.7 Å². The SMILES string of the molecule is COC1CCC(O)(Cc2ccc3c(c2)CCC3)CC1. The first-order chi connectivity index (χ1) is 9.18. The second-order valence-electron chi connectivity index (χ2n) is 6.29. The van der Waals surface area contributed by atoms with Crippen molar-refractivity contribution in [2.75, 3.05) is 7.11 Å². The van der Waals surface area contributed by atoms with Gasteiger partial charge in [0.25, 0.3) is 0 Å². The standard InChI is InChI=1S/C17H24O2/c1-19-16-7-9-17(18,10-8-16)12-13-5-6-14-3-2-4-15(14)11-13/h5-6,11,16,18H,2-4,7-10,12H2,1H3. The van der Waals surface area contributed by atoms with Gasteiger partial charge in [-0.1, -0.05) is 18.2 Å². The third-order valence-corrected chi connectivity index (χ3v) is 4.89.